The van der Waals surface area contributed by atoms with E-state index in [1.54, 1.807) is 0 Å². The Hall–Kier alpha value is -1.06. The standard InChI is InChI=1S/C20H33NO2/c1-15-8-9-19(18(12-15)20(4,5)6)22-11-7-10-21-13-16(2)23-17(3)14-21/h8-9,12,16-17H,7,10-11,13-14H2,1-6H3/t16-,17-/m0/s1. The smallest absolute Gasteiger partial charge is 0.123 e. The molecule has 23 heavy (non-hydrogen) atoms. The molecule has 2 rings (SSSR count). The lowest BCUT2D eigenvalue weighted by Crippen LogP contribution is -2.45. The Labute approximate surface area is 142 Å². The van der Waals surface area contributed by atoms with Crippen LogP contribution in [0.5, 0.6) is 5.75 Å². The highest BCUT2D eigenvalue weighted by molar-refractivity contribution is 5.41. The summed E-state index contributed by atoms with van der Waals surface area (Å²) in [5.41, 5.74) is 2.70. The molecule has 1 fully saturated rings. The van der Waals surface area contributed by atoms with E-state index in [4.69, 9.17) is 9.47 Å². The number of rotatable bonds is 5. The third-order valence-electron chi connectivity index (χ3n) is 4.31. The molecular formula is C20H33NO2. The maximum Gasteiger partial charge on any atom is 0.123 e. The molecule has 1 aromatic rings. The van der Waals surface area contributed by atoms with E-state index in [2.05, 4.69) is 64.6 Å². The summed E-state index contributed by atoms with van der Waals surface area (Å²) in [5, 5.41) is 0. The lowest BCUT2D eigenvalue weighted by atomic mass is 9.85. The fraction of sp³-hybridized carbons (Fsp3) is 0.700. The van der Waals surface area contributed by atoms with Crippen LogP contribution in [-0.4, -0.2) is 43.3 Å². The number of benzene rings is 1. The third kappa shape index (κ3) is 5.50. The van der Waals surface area contributed by atoms with Gasteiger partial charge >= 0.3 is 0 Å². The predicted molar refractivity (Wildman–Crippen MR) is 96.4 cm³/mol. The van der Waals surface area contributed by atoms with E-state index >= 15 is 0 Å². The summed E-state index contributed by atoms with van der Waals surface area (Å²) in [6, 6.07) is 6.51. The first-order valence-corrected chi connectivity index (χ1v) is 8.87. The van der Waals surface area contributed by atoms with Crippen LogP contribution < -0.4 is 4.74 Å². The summed E-state index contributed by atoms with van der Waals surface area (Å²) < 4.78 is 11.9. The Morgan fingerprint density at radius 3 is 2.43 bits per heavy atom. The van der Waals surface area contributed by atoms with Crippen molar-refractivity contribution in [2.24, 2.45) is 0 Å². The van der Waals surface area contributed by atoms with Crippen LogP contribution in [0.25, 0.3) is 0 Å². The van der Waals surface area contributed by atoms with Gasteiger partial charge in [-0.3, -0.25) is 4.90 Å². The molecule has 0 N–H and O–H groups in total. The van der Waals surface area contributed by atoms with Gasteiger partial charge in [0.1, 0.15) is 5.75 Å². The number of morpholine rings is 1. The van der Waals surface area contributed by atoms with Gasteiger partial charge in [-0.15, -0.1) is 0 Å². The summed E-state index contributed by atoms with van der Waals surface area (Å²) in [6.45, 7) is 17.1. The van der Waals surface area contributed by atoms with Gasteiger partial charge in [-0.2, -0.15) is 0 Å². The third-order valence-corrected chi connectivity index (χ3v) is 4.31. The molecule has 0 radical (unpaired) electrons. The van der Waals surface area contributed by atoms with E-state index in [0.717, 1.165) is 38.4 Å². The van der Waals surface area contributed by atoms with E-state index in [0.29, 0.717) is 12.2 Å². The number of aryl methyl sites for hydroxylation is 1. The molecule has 2 atom stereocenters. The average Bonchev–Trinajstić information content (AvgIpc) is 2.42. The van der Waals surface area contributed by atoms with E-state index in [9.17, 15) is 0 Å². The lowest BCUT2D eigenvalue weighted by molar-refractivity contribution is -0.0686. The molecule has 130 valence electrons. The molecule has 0 aliphatic carbocycles. The van der Waals surface area contributed by atoms with Crippen molar-refractivity contribution in [3.8, 4) is 5.75 Å². The highest BCUT2D eigenvalue weighted by Crippen LogP contribution is 2.32. The van der Waals surface area contributed by atoms with Gasteiger partial charge in [-0.05, 0) is 44.2 Å². The van der Waals surface area contributed by atoms with Gasteiger partial charge < -0.3 is 9.47 Å². The van der Waals surface area contributed by atoms with Gasteiger partial charge in [0.25, 0.3) is 0 Å². The first-order chi connectivity index (χ1) is 10.8. The van der Waals surface area contributed by atoms with Crippen LogP contribution in [-0.2, 0) is 10.2 Å². The zero-order chi connectivity index (χ0) is 17.0. The van der Waals surface area contributed by atoms with Crippen LogP contribution in [0.1, 0.15) is 52.2 Å². The van der Waals surface area contributed by atoms with Crippen molar-refractivity contribution >= 4 is 0 Å². The largest absolute Gasteiger partial charge is 0.493 e. The molecule has 0 saturated carbocycles. The van der Waals surface area contributed by atoms with Crippen molar-refractivity contribution in [1.29, 1.82) is 0 Å². The Kier molecular flexibility index (Phi) is 6.10. The van der Waals surface area contributed by atoms with E-state index in [1.165, 1.54) is 11.1 Å². The molecule has 1 aromatic carbocycles. The van der Waals surface area contributed by atoms with Gasteiger partial charge in [0.05, 0.1) is 18.8 Å². The predicted octanol–water partition coefficient (Wildman–Crippen LogP) is 4.17. The highest BCUT2D eigenvalue weighted by Gasteiger charge is 2.22. The Bertz CT molecular complexity index is 497. The van der Waals surface area contributed by atoms with E-state index in [-0.39, 0.29) is 5.41 Å². The molecule has 3 heteroatoms. The number of ether oxygens (including phenoxy) is 2. The molecule has 0 aromatic heterocycles. The number of hydrogen-bond acceptors (Lipinski definition) is 3. The van der Waals surface area contributed by atoms with Crippen LogP contribution in [0.3, 0.4) is 0 Å². The summed E-state index contributed by atoms with van der Waals surface area (Å²) in [7, 11) is 0. The maximum atomic E-state index is 6.11. The van der Waals surface area contributed by atoms with Crippen molar-refractivity contribution in [3.63, 3.8) is 0 Å². The van der Waals surface area contributed by atoms with Crippen LogP contribution in [0, 0.1) is 6.92 Å². The van der Waals surface area contributed by atoms with Gasteiger partial charge in [0.15, 0.2) is 0 Å². The zero-order valence-corrected chi connectivity index (χ0v) is 15.7. The minimum absolute atomic E-state index is 0.108. The molecule has 1 aliphatic rings. The fourth-order valence-electron chi connectivity index (χ4n) is 3.29. The minimum atomic E-state index is 0.108. The second kappa shape index (κ2) is 7.67. The van der Waals surface area contributed by atoms with Crippen molar-refractivity contribution < 1.29 is 9.47 Å². The quantitative estimate of drug-likeness (QED) is 0.760. The normalized spacial score (nSPS) is 23.0. The molecule has 0 spiro atoms. The highest BCUT2D eigenvalue weighted by atomic mass is 16.5. The Morgan fingerprint density at radius 1 is 1.17 bits per heavy atom. The molecule has 0 amide bonds. The second-order valence-corrected chi connectivity index (χ2v) is 7.97. The van der Waals surface area contributed by atoms with Crippen molar-refractivity contribution in [2.75, 3.05) is 26.2 Å². The molecule has 3 nitrogen and oxygen atoms in total. The first-order valence-electron chi connectivity index (χ1n) is 8.87. The van der Waals surface area contributed by atoms with Crippen LogP contribution >= 0.6 is 0 Å². The van der Waals surface area contributed by atoms with E-state index in [1.807, 2.05) is 0 Å². The summed E-state index contributed by atoms with van der Waals surface area (Å²) >= 11 is 0. The first kappa shape index (κ1) is 18.3. The monoisotopic (exact) mass is 319 g/mol. The average molecular weight is 319 g/mol. The maximum absolute atomic E-state index is 6.11. The molecule has 1 heterocycles. The molecule has 0 bridgehead atoms. The summed E-state index contributed by atoms with van der Waals surface area (Å²) in [5.74, 6) is 1.03. The summed E-state index contributed by atoms with van der Waals surface area (Å²) in [4.78, 5) is 2.49. The lowest BCUT2D eigenvalue weighted by Gasteiger charge is -2.35. The molecular weight excluding hydrogens is 286 g/mol. The summed E-state index contributed by atoms with van der Waals surface area (Å²) in [6.07, 6.45) is 1.73. The van der Waals surface area contributed by atoms with Gasteiger partial charge in [0, 0.05) is 19.6 Å². The Balaban J connectivity index is 1.85. The zero-order valence-electron chi connectivity index (χ0n) is 15.7. The van der Waals surface area contributed by atoms with Gasteiger partial charge in [-0.25, -0.2) is 0 Å². The van der Waals surface area contributed by atoms with Crippen LogP contribution in [0.15, 0.2) is 18.2 Å². The second-order valence-electron chi connectivity index (χ2n) is 7.97. The van der Waals surface area contributed by atoms with Gasteiger partial charge in [-0.1, -0.05) is 38.5 Å². The SMILES string of the molecule is Cc1ccc(OCCCN2C[C@H](C)O[C@@H](C)C2)c(C(C)(C)C)c1. The van der Waals surface area contributed by atoms with Crippen LogP contribution in [0.4, 0.5) is 0 Å². The number of hydrogen-bond donors (Lipinski definition) is 0. The number of nitrogens with zero attached hydrogens (tertiary/aromatic N) is 1. The fourth-order valence-corrected chi connectivity index (χ4v) is 3.29. The van der Waals surface area contributed by atoms with E-state index < -0.39 is 0 Å². The van der Waals surface area contributed by atoms with Crippen molar-refractivity contribution in [2.45, 2.75) is 65.6 Å². The van der Waals surface area contributed by atoms with Crippen molar-refractivity contribution in [3.05, 3.63) is 29.3 Å². The molecule has 1 saturated heterocycles. The Morgan fingerprint density at radius 2 is 1.83 bits per heavy atom. The minimum Gasteiger partial charge on any atom is -0.493 e. The molecule has 1 aliphatic heterocycles. The topological polar surface area (TPSA) is 21.7 Å². The molecule has 0 unspecified atom stereocenters. The van der Waals surface area contributed by atoms with Crippen LogP contribution in [0.2, 0.25) is 0 Å². The van der Waals surface area contributed by atoms with Crippen molar-refractivity contribution in [1.82, 2.24) is 4.90 Å². The van der Waals surface area contributed by atoms with Gasteiger partial charge in [0.2, 0.25) is 0 Å².